The van der Waals surface area contributed by atoms with Crippen LogP contribution in [0.15, 0.2) is 54.6 Å². The SMILES string of the molecule is CNCC(=O)N[C@@H](CC(=O)O)C(=O)N[C@@H](Cc1ccccc1)C(=O)NC(Cc1ccc(O)cc1)C(=O)N[C@@H](CC(=O)O)C(=O)NC(C(C)=O)C(C)(C)C. The van der Waals surface area contributed by atoms with Crippen LogP contribution in [0.2, 0.25) is 0 Å². The Kier molecular flexibility index (Phi) is 16.6. The van der Waals surface area contributed by atoms with Crippen molar-refractivity contribution in [2.75, 3.05) is 13.6 Å². The number of amides is 5. The lowest BCUT2D eigenvalue weighted by Gasteiger charge is -2.31. The summed E-state index contributed by atoms with van der Waals surface area (Å²) in [7, 11) is 1.47. The zero-order valence-corrected chi connectivity index (χ0v) is 30.2. The third-order valence-corrected chi connectivity index (χ3v) is 7.86. The Balaban J connectivity index is 2.49. The van der Waals surface area contributed by atoms with E-state index in [9.17, 15) is 53.7 Å². The van der Waals surface area contributed by atoms with E-state index < -0.39 is 95.7 Å². The van der Waals surface area contributed by atoms with E-state index in [0.29, 0.717) is 11.1 Å². The van der Waals surface area contributed by atoms with Crippen LogP contribution in [0.25, 0.3) is 0 Å². The minimum absolute atomic E-state index is 0.0841. The number of rotatable bonds is 20. The molecular formula is C36H48N6O11. The molecule has 0 aromatic heterocycles. The Labute approximate surface area is 306 Å². The summed E-state index contributed by atoms with van der Waals surface area (Å²) >= 11 is 0. The minimum atomic E-state index is -1.68. The summed E-state index contributed by atoms with van der Waals surface area (Å²) in [5.41, 5.74) is 0.245. The first kappa shape index (κ1) is 43.3. The van der Waals surface area contributed by atoms with Crippen LogP contribution in [0.4, 0.5) is 0 Å². The molecule has 0 bridgehead atoms. The van der Waals surface area contributed by atoms with Gasteiger partial charge in [-0.1, -0.05) is 63.2 Å². The first-order valence-electron chi connectivity index (χ1n) is 16.7. The van der Waals surface area contributed by atoms with Crippen LogP contribution >= 0.6 is 0 Å². The number of aromatic hydroxyl groups is 1. The Morgan fingerprint density at radius 3 is 1.45 bits per heavy atom. The summed E-state index contributed by atoms with van der Waals surface area (Å²) in [5, 5.41) is 43.6. The van der Waals surface area contributed by atoms with Gasteiger partial charge in [0.2, 0.25) is 29.5 Å². The summed E-state index contributed by atoms with van der Waals surface area (Å²) in [6, 6.07) is 6.83. The summed E-state index contributed by atoms with van der Waals surface area (Å²) in [6.07, 6.45) is -2.05. The van der Waals surface area contributed by atoms with Crippen LogP contribution in [-0.2, 0) is 51.2 Å². The molecule has 0 saturated carbocycles. The molecule has 0 saturated heterocycles. The molecule has 0 heterocycles. The third-order valence-electron chi connectivity index (χ3n) is 7.86. The average Bonchev–Trinajstić information content (AvgIpc) is 3.06. The van der Waals surface area contributed by atoms with Gasteiger partial charge < -0.3 is 47.2 Å². The number of carboxylic acid groups (broad SMARTS) is 2. The summed E-state index contributed by atoms with van der Waals surface area (Å²) in [4.78, 5) is 102. The van der Waals surface area contributed by atoms with Gasteiger partial charge in [-0.2, -0.15) is 0 Å². The number of nitrogens with one attached hydrogen (secondary N) is 6. The van der Waals surface area contributed by atoms with Crippen LogP contribution in [0.3, 0.4) is 0 Å². The predicted molar refractivity (Wildman–Crippen MR) is 190 cm³/mol. The fraction of sp³-hybridized carbons (Fsp3) is 0.444. The van der Waals surface area contributed by atoms with Crippen LogP contribution in [0.5, 0.6) is 5.75 Å². The van der Waals surface area contributed by atoms with Gasteiger partial charge in [-0.25, -0.2) is 0 Å². The first-order chi connectivity index (χ1) is 24.8. The molecule has 0 aliphatic heterocycles. The molecule has 2 rings (SSSR count). The molecule has 5 amide bonds. The topological polar surface area (TPSA) is 269 Å². The first-order valence-corrected chi connectivity index (χ1v) is 16.7. The van der Waals surface area contributed by atoms with E-state index in [0.717, 1.165) is 0 Å². The van der Waals surface area contributed by atoms with E-state index in [1.54, 1.807) is 51.1 Å². The molecule has 0 aliphatic carbocycles. The number of ketones is 1. The number of carboxylic acids is 2. The number of carbonyl (C=O) groups excluding carboxylic acids is 6. The normalized spacial score (nSPS) is 13.9. The number of hydrogen-bond donors (Lipinski definition) is 9. The Morgan fingerprint density at radius 1 is 0.604 bits per heavy atom. The second-order valence-electron chi connectivity index (χ2n) is 13.5. The second-order valence-corrected chi connectivity index (χ2v) is 13.5. The van der Waals surface area contributed by atoms with Crippen molar-refractivity contribution >= 4 is 47.3 Å². The lowest BCUT2D eigenvalue weighted by Crippen LogP contribution is -2.60. The maximum absolute atomic E-state index is 14.0. The van der Waals surface area contributed by atoms with Gasteiger partial charge >= 0.3 is 11.9 Å². The fourth-order valence-corrected chi connectivity index (χ4v) is 5.30. The average molecular weight is 741 g/mol. The highest BCUT2D eigenvalue weighted by atomic mass is 16.4. The Bertz CT molecular complexity index is 1630. The monoisotopic (exact) mass is 740 g/mol. The molecule has 0 radical (unpaired) electrons. The maximum atomic E-state index is 14.0. The molecule has 2 aromatic rings. The minimum Gasteiger partial charge on any atom is -0.508 e. The number of carbonyl (C=O) groups is 8. The zero-order valence-electron chi connectivity index (χ0n) is 30.2. The van der Waals surface area contributed by atoms with E-state index in [1.165, 1.54) is 38.2 Å². The summed E-state index contributed by atoms with van der Waals surface area (Å²) in [5.74, 6) is -7.86. The highest BCUT2D eigenvalue weighted by molar-refractivity contribution is 5.98. The number of hydrogen-bond acceptors (Lipinski definition) is 10. The largest absolute Gasteiger partial charge is 0.508 e. The lowest BCUT2D eigenvalue weighted by molar-refractivity contribution is -0.142. The third kappa shape index (κ3) is 15.1. The van der Waals surface area contributed by atoms with Crippen molar-refractivity contribution in [1.29, 1.82) is 0 Å². The van der Waals surface area contributed by atoms with Gasteiger partial charge in [0.25, 0.3) is 0 Å². The molecule has 288 valence electrons. The van der Waals surface area contributed by atoms with Crippen molar-refractivity contribution in [2.45, 2.75) is 83.6 Å². The molecule has 17 heteroatoms. The number of likely N-dealkylation sites (N-methyl/N-ethyl adjacent to an activating group) is 1. The van der Waals surface area contributed by atoms with E-state index in [1.807, 2.05) is 0 Å². The lowest BCUT2D eigenvalue weighted by atomic mass is 9.84. The Morgan fingerprint density at radius 2 is 1.02 bits per heavy atom. The van der Waals surface area contributed by atoms with Crippen LogP contribution < -0.4 is 31.9 Å². The van der Waals surface area contributed by atoms with Crippen molar-refractivity contribution in [3.05, 3.63) is 65.7 Å². The quantitative estimate of drug-likeness (QED) is 0.0824. The fourth-order valence-electron chi connectivity index (χ4n) is 5.30. The predicted octanol–water partition coefficient (Wildman–Crippen LogP) is -0.595. The molecule has 0 aliphatic rings. The second kappa shape index (κ2) is 20.3. The van der Waals surface area contributed by atoms with Gasteiger partial charge in [0, 0.05) is 12.8 Å². The molecule has 0 fully saturated rings. The maximum Gasteiger partial charge on any atom is 0.305 e. The zero-order chi connectivity index (χ0) is 39.9. The molecule has 0 spiro atoms. The van der Waals surface area contributed by atoms with Crippen molar-refractivity contribution in [2.24, 2.45) is 5.41 Å². The van der Waals surface area contributed by atoms with Gasteiger partial charge in [-0.15, -0.1) is 0 Å². The van der Waals surface area contributed by atoms with Gasteiger partial charge in [0.1, 0.15) is 29.9 Å². The highest BCUT2D eigenvalue weighted by Crippen LogP contribution is 2.20. The van der Waals surface area contributed by atoms with E-state index in [4.69, 9.17) is 0 Å². The van der Waals surface area contributed by atoms with Crippen LogP contribution in [0.1, 0.15) is 51.7 Å². The molecule has 2 aromatic carbocycles. The van der Waals surface area contributed by atoms with Gasteiger partial charge in [0.05, 0.1) is 25.4 Å². The number of aliphatic carboxylic acids is 2. The molecule has 2 unspecified atom stereocenters. The van der Waals surface area contributed by atoms with Crippen molar-refractivity contribution in [3.63, 3.8) is 0 Å². The number of Topliss-reactive ketones (excluding diaryl/α,β-unsaturated/α-hetero) is 1. The smallest absolute Gasteiger partial charge is 0.305 e. The van der Waals surface area contributed by atoms with Crippen LogP contribution in [-0.4, -0.2) is 106 Å². The van der Waals surface area contributed by atoms with Crippen molar-refractivity contribution in [3.8, 4) is 5.75 Å². The van der Waals surface area contributed by atoms with E-state index >= 15 is 0 Å². The van der Waals surface area contributed by atoms with Gasteiger partial charge in [-0.3, -0.25) is 38.4 Å². The summed E-state index contributed by atoms with van der Waals surface area (Å²) < 4.78 is 0. The molecule has 5 atom stereocenters. The molecule has 53 heavy (non-hydrogen) atoms. The highest BCUT2D eigenvalue weighted by Gasteiger charge is 2.36. The van der Waals surface area contributed by atoms with Crippen LogP contribution in [0, 0.1) is 5.41 Å². The summed E-state index contributed by atoms with van der Waals surface area (Å²) in [6.45, 7) is 6.11. The molecular weight excluding hydrogens is 692 g/mol. The van der Waals surface area contributed by atoms with Crippen molar-refractivity contribution < 1.29 is 53.7 Å². The van der Waals surface area contributed by atoms with E-state index in [2.05, 4.69) is 31.9 Å². The van der Waals surface area contributed by atoms with Gasteiger partial charge in [0.15, 0.2) is 5.78 Å². The van der Waals surface area contributed by atoms with E-state index in [-0.39, 0.29) is 25.1 Å². The number of phenols is 1. The number of phenolic OH excluding ortho intramolecular Hbond substituents is 1. The number of benzene rings is 2. The van der Waals surface area contributed by atoms with Crippen molar-refractivity contribution in [1.82, 2.24) is 31.9 Å². The Hall–Kier alpha value is -5.84. The van der Waals surface area contributed by atoms with Gasteiger partial charge in [-0.05, 0) is 42.6 Å². The standard InChI is InChI=1S/C36H48N6O11/c1-20(43)31(36(2,3)4)42-35(53)27(18-30(48)49)41-33(51)25(16-22-11-13-23(44)14-12-22)39-32(50)24(15-21-9-7-6-8-10-21)40-34(52)26(17-29(46)47)38-28(45)19-37-5/h6-14,24-27,31,37,44H,15-19H2,1-5H3,(H,38,45)(H,39,50)(H,40,52)(H,41,51)(H,42,53)(H,46,47)(H,48,49)/t24-,25?,26-,27-,31?/m0/s1. The molecule has 9 N–H and O–H groups in total. The molecule has 17 nitrogen and oxygen atoms in total.